The monoisotopic (exact) mass is 465 g/mol. The van der Waals surface area contributed by atoms with Gasteiger partial charge in [0.15, 0.2) is 0 Å². The first-order valence-electron chi connectivity index (χ1n) is 11.1. The van der Waals surface area contributed by atoms with E-state index in [1.807, 2.05) is 67.6 Å². The number of nitrogens with zero attached hydrogens (tertiary/aromatic N) is 1. The number of pyridine rings is 1. The van der Waals surface area contributed by atoms with Crippen LogP contribution in [0.15, 0.2) is 78.9 Å². The molecule has 1 unspecified atom stereocenters. The minimum atomic E-state index is -4.50. The Kier molecular flexibility index (Phi) is 7.03. The summed E-state index contributed by atoms with van der Waals surface area (Å²) in [5.41, 5.74) is 9.01. The topological polar surface area (TPSA) is 60.2 Å². The Morgan fingerprint density at radius 3 is 2.47 bits per heavy atom. The summed E-state index contributed by atoms with van der Waals surface area (Å²) in [5, 5.41) is 3.95. The molecule has 176 valence electrons. The van der Waals surface area contributed by atoms with E-state index in [1.54, 1.807) is 6.07 Å². The van der Waals surface area contributed by atoms with Crippen molar-refractivity contribution in [3.8, 4) is 5.75 Å². The van der Waals surface area contributed by atoms with Gasteiger partial charge in [-0.15, -0.1) is 0 Å². The van der Waals surface area contributed by atoms with E-state index in [0.717, 1.165) is 34.3 Å². The minimum Gasteiger partial charge on any atom is -0.493 e. The number of ether oxygens (including phenoxy) is 1. The second-order valence-electron chi connectivity index (χ2n) is 8.28. The highest BCUT2D eigenvalue weighted by Gasteiger charge is 2.31. The van der Waals surface area contributed by atoms with Gasteiger partial charge in [0.1, 0.15) is 5.75 Å². The maximum absolute atomic E-state index is 13.6. The summed E-state index contributed by atoms with van der Waals surface area (Å²) in [5.74, 6) is 0.138. The second-order valence-corrected chi connectivity index (χ2v) is 8.28. The van der Waals surface area contributed by atoms with E-state index < -0.39 is 11.7 Å². The van der Waals surface area contributed by atoms with Gasteiger partial charge < -0.3 is 15.8 Å². The maximum atomic E-state index is 13.6. The average Bonchev–Trinajstić information content (AvgIpc) is 2.79. The van der Waals surface area contributed by atoms with E-state index in [-0.39, 0.29) is 24.1 Å². The van der Waals surface area contributed by atoms with Gasteiger partial charge in [-0.2, -0.15) is 13.2 Å². The van der Waals surface area contributed by atoms with Gasteiger partial charge in [-0.3, -0.25) is 4.98 Å². The molecule has 3 N–H and O–H groups in total. The summed E-state index contributed by atoms with van der Waals surface area (Å²) in [6.07, 6.45) is -3.31. The highest BCUT2D eigenvalue weighted by molar-refractivity contribution is 5.93. The molecular formula is C27H26F3N3O. The van der Waals surface area contributed by atoms with Gasteiger partial charge in [0.25, 0.3) is 0 Å². The molecule has 3 aromatic carbocycles. The maximum Gasteiger partial charge on any atom is 0.416 e. The molecule has 4 aromatic rings. The van der Waals surface area contributed by atoms with Crippen molar-refractivity contribution in [2.24, 2.45) is 5.73 Å². The molecule has 0 amide bonds. The number of para-hydroxylation sites is 1. The molecule has 7 heteroatoms. The third-order valence-electron chi connectivity index (χ3n) is 5.46. The van der Waals surface area contributed by atoms with Crippen molar-refractivity contribution in [3.63, 3.8) is 0 Å². The fourth-order valence-electron chi connectivity index (χ4n) is 3.83. The summed E-state index contributed by atoms with van der Waals surface area (Å²) < 4.78 is 46.5. The van der Waals surface area contributed by atoms with Gasteiger partial charge in [0.05, 0.1) is 17.7 Å². The highest BCUT2D eigenvalue weighted by atomic mass is 19.4. The fourth-order valence-corrected chi connectivity index (χ4v) is 3.83. The van der Waals surface area contributed by atoms with Crippen LogP contribution in [0.5, 0.6) is 5.75 Å². The van der Waals surface area contributed by atoms with Gasteiger partial charge in [-0.1, -0.05) is 48.5 Å². The Hall–Kier alpha value is -3.58. The molecule has 1 atom stereocenters. The lowest BCUT2D eigenvalue weighted by atomic mass is 10.0. The van der Waals surface area contributed by atoms with Crippen LogP contribution in [0.25, 0.3) is 10.9 Å². The van der Waals surface area contributed by atoms with Crippen LogP contribution in [-0.2, 0) is 12.6 Å². The van der Waals surface area contributed by atoms with E-state index in [9.17, 15) is 13.2 Å². The first kappa shape index (κ1) is 23.6. The number of benzene rings is 3. The molecule has 0 aliphatic rings. The Labute approximate surface area is 196 Å². The zero-order valence-corrected chi connectivity index (χ0v) is 18.8. The summed E-state index contributed by atoms with van der Waals surface area (Å²) >= 11 is 0. The summed E-state index contributed by atoms with van der Waals surface area (Å²) in [7, 11) is 0. The third kappa shape index (κ3) is 6.05. The smallest absolute Gasteiger partial charge is 0.416 e. The van der Waals surface area contributed by atoms with Crippen molar-refractivity contribution in [3.05, 3.63) is 95.7 Å². The van der Waals surface area contributed by atoms with Crippen LogP contribution in [-0.4, -0.2) is 17.6 Å². The van der Waals surface area contributed by atoms with Crippen molar-refractivity contribution < 1.29 is 17.9 Å². The molecule has 1 heterocycles. The normalized spacial score (nSPS) is 12.5. The molecular weight excluding hydrogens is 439 g/mol. The Morgan fingerprint density at radius 2 is 1.71 bits per heavy atom. The van der Waals surface area contributed by atoms with E-state index in [2.05, 4.69) is 10.3 Å². The predicted molar refractivity (Wildman–Crippen MR) is 129 cm³/mol. The molecule has 0 saturated carbocycles. The molecule has 0 bridgehead atoms. The van der Waals surface area contributed by atoms with Gasteiger partial charge in [-0.25, -0.2) is 0 Å². The number of halogens is 3. The molecule has 0 aliphatic carbocycles. The van der Waals surface area contributed by atoms with Gasteiger partial charge in [0, 0.05) is 34.6 Å². The zero-order valence-electron chi connectivity index (χ0n) is 18.8. The number of fused-ring (bicyclic) bond motifs is 1. The van der Waals surface area contributed by atoms with E-state index in [1.165, 1.54) is 0 Å². The molecule has 0 radical (unpaired) electrons. The first-order valence-corrected chi connectivity index (χ1v) is 11.1. The zero-order chi connectivity index (χ0) is 24.1. The number of hydrogen-bond donors (Lipinski definition) is 2. The van der Waals surface area contributed by atoms with Gasteiger partial charge in [0.2, 0.25) is 0 Å². The molecule has 0 spiro atoms. The Balaban J connectivity index is 1.52. The van der Waals surface area contributed by atoms with Gasteiger partial charge in [-0.05, 0) is 49.6 Å². The van der Waals surface area contributed by atoms with Crippen LogP contribution in [0.4, 0.5) is 24.5 Å². The molecule has 0 fully saturated rings. The molecule has 0 saturated heterocycles. The number of nitrogens with one attached hydrogen (secondary N) is 1. The lowest BCUT2D eigenvalue weighted by Gasteiger charge is -2.17. The summed E-state index contributed by atoms with van der Waals surface area (Å²) in [4.78, 5) is 4.48. The Bertz CT molecular complexity index is 1260. The van der Waals surface area contributed by atoms with Crippen LogP contribution in [0.3, 0.4) is 0 Å². The average molecular weight is 466 g/mol. The number of nitrogens with two attached hydrogens (primary N) is 1. The van der Waals surface area contributed by atoms with Crippen molar-refractivity contribution in [1.29, 1.82) is 0 Å². The highest BCUT2D eigenvalue weighted by Crippen LogP contribution is 2.36. The van der Waals surface area contributed by atoms with Crippen molar-refractivity contribution in [2.45, 2.75) is 32.0 Å². The molecule has 34 heavy (non-hydrogen) atoms. The molecule has 4 nitrogen and oxygen atoms in total. The quantitative estimate of drug-likeness (QED) is 0.306. The predicted octanol–water partition coefficient (Wildman–Crippen LogP) is 6.64. The van der Waals surface area contributed by atoms with E-state index in [0.29, 0.717) is 18.5 Å². The van der Waals surface area contributed by atoms with Crippen LogP contribution < -0.4 is 15.8 Å². The number of hydrogen-bond acceptors (Lipinski definition) is 4. The van der Waals surface area contributed by atoms with Crippen LogP contribution in [0.2, 0.25) is 0 Å². The summed E-state index contributed by atoms with van der Waals surface area (Å²) in [6, 6.07) is 22.6. The van der Waals surface area contributed by atoms with Crippen molar-refractivity contribution in [1.82, 2.24) is 4.98 Å². The fraction of sp³-hybridized carbons (Fsp3) is 0.222. The van der Waals surface area contributed by atoms with E-state index >= 15 is 0 Å². The van der Waals surface area contributed by atoms with Gasteiger partial charge >= 0.3 is 6.18 Å². The summed E-state index contributed by atoms with van der Waals surface area (Å²) in [6.45, 7) is 2.06. The van der Waals surface area contributed by atoms with Crippen LogP contribution in [0.1, 0.15) is 23.2 Å². The largest absolute Gasteiger partial charge is 0.493 e. The number of aryl methyl sites for hydroxylation is 1. The molecule has 4 rings (SSSR count). The van der Waals surface area contributed by atoms with Crippen molar-refractivity contribution in [2.75, 3.05) is 11.9 Å². The lowest BCUT2D eigenvalue weighted by molar-refractivity contribution is -0.137. The number of rotatable bonds is 8. The first-order chi connectivity index (χ1) is 16.3. The number of alkyl halides is 3. The van der Waals surface area contributed by atoms with Crippen LogP contribution >= 0.6 is 0 Å². The lowest BCUT2D eigenvalue weighted by Crippen LogP contribution is -2.25. The molecule has 0 aliphatic heterocycles. The number of aromatic nitrogens is 1. The SMILES string of the molecule is Cc1cc(Nc2cc(OCCC(N)Cc3ccccc3)cc(C(F)(F)F)c2)c2ccccc2n1. The molecule has 1 aromatic heterocycles. The standard InChI is InChI=1S/C27H26F3N3O/c1-18-13-26(24-9-5-6-10-25(24)32-18)33-22-15-20(27(28,29)30)16-23(17-22)34-12-11-21(31)14-19-7-3-2-4-8-19/h2-10,13,15-17,21H,11-12,14,31H2,1H3,(H,32,33). The third-order valence-corrected chi connectivity index (χ3v) is 5.46. The van der Waals surface area contributed by atoms with Crippen molar-refractivity contribution >= 4 is 22.3 Å². The number of anilines is 2. The Morgan fingerprint density at radius 1 is 0.971 bits per heavy atom. The minimum absolute atomic E-state index is 0.138. The van der Waals surface area contributed by atoms with E-state index in [4.69, 9.17) is 10.5 Å². The van der Waals surface area contributed by atoms with Crippen LogP contribution in [0, 0.1) is 6.92 Å². The second kappa shape index (κ2) is 10.1.